The van der Waals surface area contributed by atoms with Gasteiger partial charge in [-0.1, -0.05) is 11.6 Å². The van der Waals surface area contributed by atoms with Crippen LogP contribution in [0.25, 0.3) is 0 Å². The Balaban J connectivity index is 2.05. The van der Waals surface area contributed by atoms with E-state index in [1.807, 2.05) is 6.92 Å². The zero-order valence-corrected chi connectivity index (χ0v) is 12.7. The van der Waals surface area contributed by atoms with Crippen LogP contribution in [-0.2, 0) is 6.54 Å². The van der Waals surface area contributed by atoms with Gasteiger partial charge in [-0.3, -0.25) is 4.79 Å². The van der Waals surface area contributed by atoms with Gasteiger partial charge in [-0.05, 0) is 41.1 Å². The first-order valence-electron chi connectivity index (χ1n) is 5.21. The number of nitrogens with zero attached hydrogens (tertiary/aromatic N) is 1. The fourth-order valence-corrected chi connectivity index (χ4v) is 2.75. The molecule has 2 aromatic rings. The molecule has 0 aliphatic carbocycles. The lowest BCUT2D eigenvalue weighted by Gasteiger charge is -2.06. The summed E-state index contributed by atoms with van der Waals surface area (Å²) in [4.78, 5) is 17.1. The number of aromatic nitrogens is 1. The molecule has 0 bridgehead atoms. The molecule has 0 spiro atoms. The maximum absolute atomic E-state index is 12.0. The Morgan fingerprint density at radius 1 is 1.56 bits per heavy atom. The Morgan fingerprint density at radius 3 is 3.00 bits per heavy atom. The standard InChI is InChI=1S/C12H10BrClN2OS/c1-7-15-5-9(18-7)6-16-12(17)10-4-8(14)2-3-11(10)13/h2-5H,6H2,1H3,(H,16,17). The maximum Gasteiger partial charge on any atom is 0.252 e. The topological polar surface area (TPSA) is 42.0 Å². The van der Waals surface area contributed by atoms with E-state index >= 15 is 0 Å². The van der Waals surface area contributed by atoms with Crippen LogP contribution in [0, 0.1) is 6.92 Å². The summed E-state index contributed by atoms with van der Waals surface area (Å²) in [6.07, 6.45) is 1.77. The normalized spacial score (nSPS) is 10.4. The molecule has 0 fully saturated rings. The number of carbonyl (C=O) groups is 1. The van der Waals surface area contributed by atoms with Crippen molar-refractivity contribution in [3.63, 3.8) is 0 Å². The van der Waals surface area contributed by atoms with Crippen LogP contribution in [0.2, 0.25) is 5.02 Å². The van der Waals surface area contributed by atoms with Gasteiger partial charge in [0.1, 0.15) is 0 Å². The molecule has 2 rings (SSSR count). The summed E-state index contributed by atoms with van der Waals surface area (Å²) in [7, 11) is 0. The van der Waals surface area contributed by atoms with Crippen LogP contribution in [0.3, 0.4) is 0 Å². The van der Waals surface area contributed by atoms with Gasteiger partial charge < -0.3 is 5.32 Å². The predicted octanol–water partition coefficient (Wildman–Crippen LogP) is 3.80. The predicted molar refractivity (Wildman–Crippen MR) is 77.2 cm³/mol. The largest absolute Gasteiger partial charge is 0.347 e. The molecule has 1 amide bonds. The van der Waals surface area contributed by atoms with Crippen molar-refractivity contribution >= 4 is 44.8 Å². The minimum atomic E-state index is -0.157. The molecule has 0 aliphatic rings. The third-order valence-corrected chi connectivity index (χ3v) is 4.10. The van der Waals surface area contributed by atoms with Gasteiger partial charge in [-0.15, -0.1) is 11.3 Å². The summed E-state index contributed by atoms with van der Waals surface area (Å²) in [5.41, 5.74) is 0.531. The second kappa shape index (κ2) is 5.82. The average molecular weight is 346 g/mol. The van der Waals surface area contributed by atoms with Crippen LogP contribution in [-0.4, -0.2) is 10.9 Å². The van der Waals surface area contributed by atoms with Crippen molar-refractivity contribution in [2.24, 2.45) is 0 Å². The summed E-state index contributed by atoms with van der Waals surface area (Å²) < 4.78 is 0.727. The van der Waals surface area contributed by atoms with Crippen molar-refractivity contribution < 1.29 is 4.79 Å². The second-order valence-corrected chi connectivity index (χ2v) is 6.26. The average Bonchev–Trinajstić information content (AvgIpc) is 2.75. The molecule has 0 saturated carbocycles. The molecular weight excluding hydrogens is 336 g/mol. The van der Waals surface area contributed by atoms with E-state index in [1.165, 1.54) is 0 Å². The van der Waals surface area contributed by atoms with E-state index < -0.39 is 0 Å². The summed E-state index contributed by atoms with van der Waals surface area (Å²) in [6, 6.07) is 5.13. The monoisotopic (exact) mass is 344 g/mol. The second-order valence-electron chi connectivity index (χ2n) is 3.65. The van der Waals surface area contributed by atoms with Crippen molar-refractivity contribution in [3.05, 3.63) is 49.3 Å². The van der Waals surface area contributed by atoms with E-state index in [9.17, 15) is 4.79 Å². The molecule has 1 N–H and O–H groups in total. The lowest BCUT2D eigenvalue weighted by Crippen LogP contribution is -2.22. The third kappa shape index (κ3) is 3.31. The molecule has 0 unspecified atom stereocenters. The molecule has 18 heavy (non-hydrogen) atoms. The summed E-state index contributed by atoms with van der Waals surface area (Å²) in [6.45, 7) is 2.41. The van der Waals surface area contributed by atoms with E-state index in [1.54, 1.807) is 35.7 Å². The van der Waals surface area contributed by atoms with Gasteiger partial charge in [0.05, 0.1) is 17.1 Å². The van der Waals surface area contributed by atoms with Crippen LogP contribution < -0.4 is 5.32 Å². The number of hydrogen-bond acceptors (Lipinski definition) is 3. The SMILES string of the molecule is Cc1ncc(CNC(=O)c2cc(Cl)ccc2Br)s1. The van der Waals surface area contributed by atoms with Crippen LogP contribution >= 0.6 is 38.9 Å². The highest BCUT2D eigenvalue weighted by atomic mass is 79.9. The molecule has 6 heteroatoms. The lowest BCUT2D eigenvalue weighted by atomic mass is 10.2. The van der Waals surface area contributed by atoms with Crippen LogP contribution in [0.5, 0.6) is 0 Å². The van der Waals surface area contributed by atoms with E-state index in [0.717, 1.165) is 14.4 Å². The van der Waals surface area contributed by atoms with E-state index in [0.29, 0.717) is 17.1 Å². The van der Waals surface area contributed by atoms with E-state index in [-0.39, 0.29) is 5.91 Å². The minimum absolute atomic E-state index is 0.157. The van der Waals surface area contributed by atoms with Gasteiger partial charge in [0.15, 0.2) is 0 Å². The van der Waals surface area contributed by atoms with Gasteiger partial charge in [-0.2, -0.15) is 0 Å². The van der Waals surface area contributed by atoms with Crippen LogP contribution in [0.1, 0.15) is 20.2 Å². The molecular formula is C12H10BrClN2OS. The molecule has 1 aromatic carbocycles. The summed E-state index contributed by atoms with van der Waals surface area (Å²) in [5, 5.41) is 4.37. The quantitative estimate of drug-likeness (QED) is 0.919. The first-order valence-corrected chi connectivity index (χ1v) is 7.19. The molecule has 0 atom stereocenters. The van der Waals surface area contributed by atoms with Gasteiger partial charge in [-0.25, -0.2) is 4.98 Å². The Bertz CT molecular complexity index is 585. The highest BCUT2D eigenvalue weighted by Crippen LogP contribution is 2.21. The zero-order chi connectivity index (χ0) is 13.1. The van der Waals surface area contributed by atoms with Gasteiger partial charge in [0.2, 0.25) is 0 Å². The van der Waals surface area contributed by atoms with Crippen molar-refractivity contribution in [1.82, 2.24) is 10.3 Å². The Labute approximate surface area is 122 Å². The van der Waals surface area contributed by atoms with Crippen LogP contribution in [0.4, 0.5) is 0 Å². The number of benzene rings is 1. The molecule has 1 aromatic heterocycles. The Morgan fingerprint density at radius 2 is 2.33 bits per heavy atom. The number of hydrogen-bond donors (Lipinski definition) is 1. The zero-order valence-electron chi connectivity index (χ0n) is 9.54. The van der Waals surface area contributed by atoms with Crippen molar-refractivity contribution in [2.45, 2.75) is 13.5 Å². The first kappa shape index (κ1) is 13.5. The summed E-state index contributed by atoms with van der Waals surface area (Å²) >= 11 is 10.8. The molecule has 0 saturated heterocycles. The molecule has 1 heterocycles. The fourth-order valence-electron chi connectivity index (χ4n) is 1.42. The first-order chi connectivity index (χ1) is 8.56. The maximum atomic E-state index is 12.0. The summed E-state index contributed by atoms with van der Waals surface area (Å²) in [5.74, 6) is -0.157. The smallest absolute Gasteiger partial charge is 0.252 e. The van der Waals surface area contributed by atoms with E-state index in [4.69, 9.17) is 11.6 Å². The fraction of sp³-hybridized carbons (Fsp3) is 0.167. The molecule has 94 valence electrons. The number of thiazole rings is 1. The number of rotatable bonds is 3. The minimum Gasteiger partial charge on any atom is -0.347 e. The van der Waals surface area contributed by atoms with Crippen molar-refractivity contribution in [3.8, 4) is 0 Å². The van der Waals surface area contributed by atoms with Gasteiger partial charge >= 0.3 is 0 Å². The number of carbonyl (C=O) groups excluding carboxylic acids is 1. The highest BCUT2D eigenvalue weighted by Gasteiger charge is 2.10. The Kier molecular flexibility index (Phi) is 4.37. The van der Waals surface area contributed by atoms with Crippen molar-refractivity contribution in [1.29, 1.82) is 0 Å². The Hall–Kier alpha value is -0.910. The number of halogens is 2. The number of amides is 1. The number of aryl methyl sites for hydroxylation is 1. The molecule has 3 nitrogen and oxygen atoms in total. The molecule has 0 aliphatic heterocycles. The molecule has 0 radical (unpaired) electrons. The van der Waals surface area contributed by atoms with E-state index in [2.05, 4.69) is 26.2 Å². The lowest BCUT2D eigenvalue weighted by molar-refractivity contribution is 0.0950. The van der Waals surface area contributed by atoms with Gasteiger partial charge in [0, 0.05) is 20.6 Å². The number of nitrogens with one attached hydrogen (secondary N) is 1. The van der Waals surface area contributed by atoms with Crippen LogP contribution in [0.15, 0.2) is 28.9 Å². The third-order valence-electron chi connectivity index (χ3n) is 2.27. The highest BCUT2D eigenvalue weighted by molar-refractivity contribution is 9.10. The van der Waals surface area contributed by atoms with Crippen molar-refractivity contribution in [2.75, 3.05) is 0 Å². The van der Waals surface area contributed by atoms with Gasteiger partial charge in [0.25, 0.3) is 5.91 Å².